The van der Waals surface area contributed by atoms with Gasteiger partial charge in [0.05, 0.1) is 24.3 Å². The molecule has 1 amide bonds. The van der Waals surface area contributed by atoms with Gasteiger partial charge in [0.15, 0.2) is 0 Å². The first-order valence-electron chi connectivity index (χ1n) is 9.32. The van der Waals surface area contributed by atoms with Gasteiger partial charge in [-0.25, -0.2) is 9.78 Å². The Morgan fingerprint density at radius 1 is 1.22 bits per heavy atom. The molecule has 1 aromatic heterocycles. The van der Waals surface area contributed by atoms with E-state index in [0.717, 1.165) is 5.46 Å². The zero-order valence-corrected chi connectivity index (χ0v) is 17.2. The van der Waals surface area contributed by atoms with Crippen molar-refractivity contribution in [1.82, 2.24) is 9.88 Å². The fourth-order valence-electron chi connectivity index (χ4n) is 2.77. The van der Waals surface area contributed by atoms with Crippen LogP contribution in [0.4, 0.5) is 4.79 Å². The lowest BCUT2D eigenvalue weighted by molar-refractivity contribution is -0.0232. The van der Waals surface area contributed by atoms with E-state index in [1.165, 1.54) is 0 Å². The van der Waals surface area contributed by atoms with E-state index in [0.29, 0.717) is 19.0 Å². The first kappa shape index (κ1) is 20.0. The average molecular weight is 376 g/mol. The normalized spacial score (nSPS) is 21.7. The van der Waals surface area contributed by atoms with Crippen LogP contribution in [0.15, 0.2) is 18.3 Å². The lowest BCUT2D eigenvalue weighted by Crippen LogP contribution is -2.57. The van der Waals surface area contributed by atoms with Gasteiger partial charge in [0, 0.05) is 12.3 Å². The maximum Gasteiger partial charge on any atom is 0.495 e. The molecule has 0 saturated carbocycles. The van der Waals surface area contributed by atoms with Crippen molar-refractivity contribution in [3.63, 3.8) is 0 Å². The molecule has 2 aliphatic heterocycles. The highest BCUT2D eigenvalue weighted by Crippen LogP contribution is 2.36. The third-order valence-electron chi connectivity index (χ3n) is 5.07. The van der Waals surface area contributed by atoms with Gasteiger partial charge in [0.25, 0.3) is 0 Å². The lowest BCUT2D eigenvalue weighted by Gasteiger charge is -2.39. The van der Waals surface area contributed by atoms with Gasteiger partial charge in [-0.1, -0.05) is 0 Å². The van der Waals surface area contributed by atoms with Gasteiger partial charge in [-0.3, -0.25) is 0 Å². The molecular formula is C19H29BN2O5. The number of carbonyl (C=O) groups excluding carboxylic acids is 1. The highest BCUT2D eigenvalue weighted by molar-refractivity contribution is 6.62. The predicted molar refractivity (Wildman–Crippen MR) is 102 cm³/mol. The predicted octanol–water partition coefficient (Wildman–Crippen LogP) is 2.38. The summed E-state index contributed by atoms with van der Waals surface area (Å²) in [6, 6.07) is 3.70. The molecule has 0 aromatic carbocycles. The summed E-state index contributed by atoms with van der Waals surface area (Å²) in [5.74, 6) is 0.496. The third-order valence-corrected chi connectivity index (χ3v) is 5.07. The van der Waals surface area contributed by atoms with Crippen LogP contribution < -0.4 is 10.2 Å². The fourth-order valence-corrected chi connectivity index (χ4v) is 2.77. The fraction of sp³-hybridized carbons (Fsp3) is 0.684. The van der Waals surface area contributed by atoms with E-state index in [1.807, 2.05) is 60.6 Å². The highest BCUT2D eigenvalue weighted by Gasteiger charge is 2.51. The van der Waals surface area contributed by atoms with Crippen molar-refractivity contribution < 1.29 is 23.6 Å². The largest absolute Gasteiger partial charge is 0.495 e. The quantitative estimate of drug-likeness (QED) is 0.755. The summed E-state index contributed by atoms with van der Waals surface area (Å²) >= 11 is 0. The van der Waals surface area contributed by atoms with E-state index >= 15 is 0 Å². The second-order valence-corrected chi connectivity index (χ2v) is 9.14. The Balaban J connectivity index is 1.57. The van der Waals surface area contributed by atoms with Crippen molar-refractivity contribution in [2.45, 2.75) is 71.4 Å². The molecule has 27 heavy (non-hydrogen) atoms. The number of aromatic nitrogens is 1. The minimum Gasteiger partial charge on any atom is -0.471 e. The molecule has 3 heterocycles. The topological polar surface area (TPSA) is 70.1 Å². The van der Waals surface area contributed by atoms with E-state index in [1.54, 1.807) is 11.1 Å². The van der Waals surface area contributed by atoms with Crippen LogP contribution in [0.2, 0.25) is 0 Å². The second-order valence-electron chi connectivity index (χ2n) is 9.14. The summed E-state index contributed by atoms with van der Waals surface area (Å²) in [6.07, 6.45) is 1.26. The first-order valence-corrected chi connectivity index (χ1v) is 9.32. The number of likely N-dealkylation sites (tertiary alicyclic amines) is 1. The standard InChI is InChI=1S/C19H29BN2O5/c1-17(2,3)25-16(23)22-11-14(12-22)24-15-10-13(8-9-21-15)20-26-18(4,5)19(6,7)27-20/h8-10,14H,11-12H2,1-7H3. The SMILES string of the molecule is CC(C)(C)OC(=O)N1CC(Oc2cc(B3OC(C)(C)C(C)(C)O3)ccn2)C1. The molecule has 2 fully saturated rings. The Morgan fingerprint density at radius 3 is 2.37 bits per heavy atom. The zero-order valence-electron chi connectivity index (χ0n) is 17.2. The molecule has 8 heteroatoms. The van der Waals surface area contributed by atoms with Crippen molar-refractivity contribution in [3.05, 3.63) is 18.3 Å². The van der Waals surface area contributed by atoms with Gasteiger partial charge in [-0.15, -0.1) is 0 Å². The van der Waals surface area contributed by atoms with Crippen molar-refractivity contribution in [3.8, 4) is 5.88 Å². The maximum absolute atomic E-state index is 12.0. The van der Waals surface area contributed by atoms with Crippen molar-refractivity contribution >= 4 is 18.7 Å². The minimum atomic E-state index is -0.498. The molecule has 0 spiro atoms. The smallest absolute Gasteiger partial charge is 0.471 e. The Labute approximate surface area is 161 Å². The van der Waals surface area contributed by atoms with Crippen LogP contribution in [-0.4, -0.2) is 59.1 Å². The number of nitrogens with zero attached hydrogens (tertiary/aromatic N) is 2. The highest BCUT2D eigenvalue weighted by atomic mass is 16.7. The maximum atomic E-state index is 12.0. The van der Waals surface area contributed by atoms with E-state index < -0.39 is 23.9 Å². The molecule has 3 rings (SSSR count). The Bertz CT molecular complexity index is 694. The van der Waals surface area contributed by atoms with Crippen LogP contribution >= 0.6 is 0 Å². The van der Waals surface area contributed by atoms with E-state index in [4.69, 9.17) is 18.8 Å². The summed E-state index contributed by atoms with van der Waals surface area (Å²) in [6.45, 7) is 14.6. The molecule has 2 saturated heterocycles. The van der Waals surface area contributed by atoms with Crippen LogP contribution in [0.5, 0.6) is 5.88 Å². The molecule has 0 unspecified atom stereocenters. The van der Waals surface area contributed by atoms with Crippen LogP contribution in [0.25, 0.3) is 0 Å². The molecule has 1 aromatic rings. The zero-order chi connectivity index (χ0) is 20.0. The van der Waals surface area contributed by atoms with Crippen molar-refractivity contribution in [2.75, 3.05) is 13.1 Å². The number of hydrogen-bond acceptors (Lipinski definition) is 6. The van der Waals surface area contributed by atoms with Gasteiger partial charge >= 0.3 is 13.2 Å². The summed E-state index contributed by atoms with van der Waals surface area (Å²) in [5, 5.41) is 0. The van der Waals surface area contributed by atoms with Gasteiger partial charge in [0.1, 0.15) is 11.7 Å². The van der Waals surface area contributed by atoms with Gasteiger partial charge < -0.3 is 23.7 Å². The molecule has 0 bridgehead atoms. The van der Waals surface area contributed by atoms with Crippen LogP contribution in [0.3, 0.4) is 0 Å². The molecule has 2 aliphatic rings. The number of rotatable bonds is 3. The number of hydrogen-bond donors (Lipinski definition) is 0. The van der Waals surface area contributed by atoms with Gasteiger partial charge in [-0.05, 0) is 60.0 Å². The Morgan fingerprint density at radius 2 is 1.81 bits per heavy atom. The van der Waals surface area contributed by atoms with E-state index in [-0.39, 0.29) is 12.2 Å². The summed E-state index contributed by atoms with van der Waals surface area (Å²) in [4.78, 5) is 17.9. The molecule has 0 aliphatic carbocycles. The number of carbonyl (C=O) groups is 1. The second kappa shape index (κ2) is 6.67. The average Bonchev–Trinajstić information content (AvgIpc) is 2.69. The summed E-state index contributed by atoms with van der Waals surface area (Å²) in [5.41, 5.74) is -0.433. The monoisotopic (exact) mass is 376 g/mol. The lowest BCUT2D eigenvalue weighted by atomic mass is 9.80. The van der Waals surface area contributed by atoms with Crippen molar-refractivity contribution in [1.29, 1.82) is 0 Å². The number of pyridine rings is 1. The van der Waals surface area contributed by atoms with Crippen LogP contribution in [-0.2, 0) is 14.0 Å². The molecule has 0 radical (unpaired) electrons. The number of amides is 1. The third kappa shape index (κ3) is 4.38. The molecule has 7 nitrogen and oxygen atoms in total. The molecule has 0 N–H and O–H groups in total. The molecule has 0 atom stereocenters. The summed E-state index contributed by atoms with van der Waals surface area (Å²) < 4.78 is 23.4. The first-order chi connectivity index (χ1) is 12.4. The van der Waals surface area contributed by atoms with E-state index in [2.05, 4.69) is 4.98 Å². The Hall–Kier alpha value is -1.80. The van der Waals surface area contributed by atoms with Gasteiger partial charge in [-0.2, -0.15) is 0 Å². The van der Waals surface area contributed by atoms with E-state index in [9.17, 15) is 4.79 Å². The summed E-state index contributed by atoms with van der Waals surface area (Å²) in [7, 11) is -0.458. The molecule has 148 valence electrons. The van der Waals surface area contributed by atoms with Crippen LogP contribution in [0, 0.1) is 0 Å². The Kier molecular flexibility index (Phi) is 4.93. The molecular weight excluding hydrogens is 347 g/mol. The minimum absolute atomic E-state index is 0.0986. The van der Waals surface area contributed by atoms with Crippen molar-refractivity contribution in [2.24, 2.45) is 0 Å². The van der Waals surface area contributed by atoms with Gasteiger partial charge in [0.2, 0.25) is 5.88 Å². The number of ether oxygens (including phenoxy) is 2. The van der Waals surface area contributed by atoms with Crippen LogP contribution in [0.1, 0.15) is 48.5 Å².